The van der Waals surface area contributed by atoms with Gasteiger partial charge in [0.1, 0.15) is 97.7 Å². The molecule has 0 saturated carbocycles. The molecular formula is C24H42O21. The summed E-state index contributed by atoms with van der Waals surface area (Å²) in [5, 5.41) is 142. The maximum atomic E-state index is 11.0. The standard InChI is InChI=1S/C24H42O21/c25-1-5-9(28)13(32)15(34)22(41-5)39-4-8-10(29)14(33)16(35)23(43-8)45-20-12(31)7(3-27)42-24(18(20)37)44-19-11(30)6(2-26)40-21(38)17(19)36/h5-38H,1-4H2/t5-,6-,7-,8-,9-,10-,11-,12-,13+,14+,15-,16-,17-,18-,19+,20+,21+,22+,23-,24-/m1/s1. The van der Waals surface area contributed by atoms with Crippen molar-refractivity contribution in [3.8, 4) is 0 Å². The average molecular weight is 667 g/mol. The lowest BCUT2D eigenvalue weighted by atomic mass is 9.96. The first kappa shape index (κ1) is 37.0. The molecule has 0 aromatic carbocycles. The van der Waals surface area contributed by atoms with Gasteiger partial charge in [0, 0.05) is 0 Å². The van der Waals surface area contributed by atoms with E-state index in [-0.39, 0.29) is 0 Å². The lowest BCUT2D eigenvalue weighted by Crippen LogP contribution is -2.67. The van der Waals surface area contributed by atoms with E-state index < -0.39 is 149 Å². The van der Waals surface area contributed by atoms with Crippen LogP contribution in [0.15, 0.2) is 0 Å². The van der Waals surface area contributed by atoms with Crippen LogP contribution in [0.25, 0.3) is 0 Å². The highest BCUT2D eigenvalue weighted by atomic mass is 16.8. The van der Waals surface area contributed by atoms with Crippen LogP contribution >= 0.6 is 0 Å². The molecule has 45 heavy (non-hydrogen) atoms. The molecule has 0 amide bonds. The Hall–Kier alpha value is -0.840. The second-order valence-electron chi connectivity index (χ2n) is 11.2. The lowest BCUT2D eigenvalue weighted by molar-refractivity contribution is -0.381. The Morgan fingerprint density at radius 1 is 0.378 bits per heavy atom. The molecule has 4 saturated heterocycles. The van der Waals surface area contributed by atoms with E-state index >= 15 is 0 Å². The topological polar surface area (TPSA) is 348 Å². The first-order chi connectivity index (χ1) is 21.2. The lowest BCUT2D eigenvalue weighted by Gasteiger charge is -2.48. The third kappa shape index (κ3) is 7.59. The summed E-state index contributed by atoms with van der Waals surface area (Å²) in [5.74, 6) is 0. The highest BCUT2D eigenvalue weighted by Crippen LogP contribution is 2.33. The fourth-order valence-electron chi connectivity index (χ4n) is 5.43. The maximum absolute atomic E-state index is 11.0. The Balaban J connectivity index is 1.46. The van der Waals surface area contributed by atoms with Crippen molar-refractivity contribution in [1.29, 1.82) is 0 Å². The van der Waals surface area contributed by atoms with E-state index in [9.17, 15) is 71.5 Å². The molecule has 0 aromatic heterocycles. The molecule has 20 atom stereocenters. The zero-order valence-corrected chi connectivity index (χ0v) is 23.5. The molecule has 0 unspecified atom stereocenters. The van der Waals surface area contributed by atoms with Gasteiger partial charge in [-0.1, -0.05) is 0 Å². The van der Waals surface area contributed by atoms with Crippen LogP contribution in [0.1, 0.15) is 0 Å². The number of hydrogen-bond acceptors (Lipinski definition) is 21. The van der Waals surface area contributed by atoms with Crippen LogP contribution in [0.4, 0.5) is 0 Å². The third-order valence-corrected chi connectivity index (χ3v) is 8.19. The minimum atomic E-state index is -2.03. The molecule has 0 aromatic rings. The van der Waals surface area contributed by atoms with E-state index in [0.717, 1.165) is 0 Å². The fourth-order valence-corrected chi connectivity index (χ4v) is 5.43. The second-order valence-corrected chi connectivity index (χ2v) is 11.2. The molecule has 4 rings (SSSR count). The smallest absolute Gasteiger partial charge is 0.187 e. The second kappa shape index (κ2) is 15.6. The summed E-state index contributed by atoms with van der Waals surface area (Å²) in [6.07, 6.45) is -35.5. The average Bonchev–Trinajstić information content (AvgIpc) is 3.02. The first-order valence-electron chi connectivity index (χ1n) is 14.1. The van der Waals surface area contributed by atoms with Gasteiger partial charge in [-0.2, -0.15) is 0 Å². The van der Waals surface area contributed by atoms with Crippen molar-refractivity contribution in [2.75, 3.05) is 26.4 Å². The molecular weight excluding hydrogens is 624 g/mol. The van der Waals surface area contributed by atoms with Gasteiger partial charge in [0.15, 0.2) is 25.2 Å². The molecule has 4 aliphatic rings. The fraction of sp³-hybridized carbons (Fsp3) is 1.00. The summed E-state index contributed by atoms with van der Waals surface area (Å²) < 4.78 is 37.3. The quantitative estimate of drug-likeness (QED) is 0.103. The van der Waals surface area contributed by atoms with Crippen LogP contribution in [0.5, 0.6) is 0 Å². The highest BCUT2D eigenvalue weighted by molar-refractivity contribution is 4.97. The molecule has 21 heteroatoms. The van der Waals surface area contributed by atoms with Crippen molar-refractivity contribution in [1.82, 2.24) is 0 Å². The van der Waals surface area contributed by atoms with E-state index in [2.05, 4.69) is 0 Å². The predicted molar refractivity (Wildman–Crippen MR) is 134 cm³/mol. The van der Waals surface area contributed by atoms with Gasteiger partial charge in [0.2, 0.25) is 0 Å². The summed E-state index contributed by atoms with van der Waals surface area (Å²) in [4.78, 5) is 0. The third-order valence-electron chi connectivity index (χ3n) is 8.19. The summed E-state index contributed by atoms with van der Waals surface area (Å²) in [6.45, 7) is -3.14. The number of rotatable bonds is 10. The van der Waals surface area contributed by atoms with Crippen LogP contribution in [0, 0.1) is 0 Å². The Labute approximate surface area is 254 Å². The monoisotopic (exact) mass is 666 g/mol. The van der Waals surface area contributed by atoms with Crippen molar-refractivity contribution in [2.24, 2.45) is 0 Å². The van der Waals surface area contributed by atoms with Gasteiger partial charge in [0.05, 0.1) is 26.4 Å². The molecule has 4 aliphatic heterocycles. The molecule has 264 valence electrons. The number of aliphatic hydroxyl groups excluding tert-OH is 14. The number of ether oxygens (including phenoxy) is 7. The number of hydrogen-bond donors (Lipinski definition) is 14. The zero-order valence-electron chi connectivity index (χ0n) is 23.5. The van der Waals surface area contributed by atoms with Gasteiger partial charge in [-0.15, -0.1) is 0 Å². The van der Waals surface area contributed by atoms with Gasteiger partial charge >= 0.3 is 0 Å². The first-order valence-corrected chi connectivity index (χ1v) is 14.1. The van der Waals surface area contributed by atoms with E-state index in [4.69, 9.17) is 33.2 Å². The van der Waals surface area contributed by atoms with Crippen LogP contribution in [-0.4, -0.2) is 221 Å². The van der Waals surface area contributed by atoms with E-state index in [0.29, 0.717) is 0 Å². The Morgan fingerprint density at radius 3 is 1.33 bits per heavy atom. The molecule has 0 bridgehead atoms. The largest absolute Gasteiger partial charge is 0.394 e. The molecule has 0 spiro atoms. The summed E-state index contributed by atoms with van der Waals surface area (Å²) >= 11 is 0. The minimum absolute atomic E-state index is 0.703. The van der Waals surface area contributed by atoms with Gasteiger partial charge in [-0.05, 0) is 0 Å². The Kier molecular flexibility index (Phi) is 12.8. The van der Waals surface area contributed by atoms with Crippen LogP contribution in [0.2, 0.25) is 0 Å². The van der Waals surface area contributed by atoms with Crippen molar-refractivity contribution in [3.05, 3.63) is 0 Å². The Morgan fingerprint density at radius 2 is 0.778 bits per heavy atom. The molecule has 21 nitrogen and oxygen atoms in total. The molecule has 4 fully saturated rings. The minimum Gasteiger partial charge on any atom is -0.394 e. The Bertz CT molecular complexity index is 916. The molecule has 0 aliphatic carbocycles. The predicted octanol–water partition coefficient (Wildman–Crippen LogP) is -9.75. The number of aliphatic hydroxyl groups is 14. The van der Waals surface area contributed by atoms with Gasteiger partial charge in [-0.3, -0.25) is 0 Å². The molecule has 14 N–H and O–H groups in total. The van der Waals surface area contributed by atoms with Crippen molar-refractivity contribution >= 4 is 0 Å². The maximum Gasteiger partial charge on any atom is 0.187 e. The summed E-state index contributed by atoms with van der Waals surface area (Å²) in [5.41, 5.74) is 0. The van der Waals surface area contributed by atoms with Crippen LogP contribution in [0.3, 0.4) is 0 Å². The van der Waals surface area contributed by atoms with Gasteiger partial charge < -0.3 is 105 Å². The van der Waals surface area contributed by atoms with E-state index in [1.165, 1.54) is 0 Å². The van der Waals surface area contributed by atoms with E-state index in [1.54, 1.807) is 0 Å². The van der Waals surface area contributed by atoms with Crippen molar-refractivity contribution in [3.63, 3.8) is 0 Å². The zero-order chi connectivity index (χ0) is 33.3. The SMILES string of the molecule is OC[C@H]1O[C@H](OC[C@H]2O[C@H](O[C@@H]3[C@@H](O)[C@@H](O[C@@H]4[C@@H](O)[C@@H](O)O[C@H](CO)[C@H]4O)O[C@H](CO)[C@H]3O)[C@H](O)[C@@H](O)[C@@H]2O)[C@H](O)[C@@H](O)[C@@H]1O. The van der Waals surface area contributed by atoms with Crippen molar-refractivity contribution in [2.45, 2.75) is 123 Å². The molecule has 4 heterocycles. The summed E-state index contributed by atoms with van der Waals surface area (Å²) in [7, 11) is 0. The van der Waals surface area contributed by atoms with Crippen LogP contribution < -0.4 is 0 Å². The van der Waals surface area contributed by atoms with Crippen LogP contribution in [-0.2, 0) is 33.2 Å². The van der Waals surface area contributed by atoms with Gasteiger partial charge in [-0.25, -0.2) is 0 Å². The van der Waals surface area contributed by atoms with Gasteiger partial charge in [0.25, 0.3) is 0 Å². The highest BCUT2D eigenvalue weighted by Gasteiger charge is 2.54. The van der Waals surface area contributed by atoms with E-state index in [1.807, 2.05) is 0 Å². The summed E-state index contributed by atoms with van der Waals surface area (Å²) in [6, 6.07) is 0. The normalized spacial score (nSPS) is 52.9. The van der Waals surface area contributed by atoms with Crippen molar-refractivity contribution < 1.29 is 105 Å². The molecule has 0 radical (unpaired) electrons.